The first-order valence-electron chi connectivity index (χ1n) is 9.31. The number of hydrogen-bond donors (Lipinski definition) is 1. The average molecular weight is 345 g/mol. The highest BCUT2D eigenvalue weighted by Gasteiger charge is 2.37. The molecule has 1 aromatic carbocycles. The fourth-order valence-electron chi connectivity index (χ4n) is 4.61. The summed E-state index contributed by atoms with van der Waals surface area (Å²) in [7, 11) is 0. The second-order valence-electron chi connectivity index (χ2n) is 7.34. The van der Waals surface area contributed by atoms with E-state index < -0.39 is 5.82 Å². The maximum absolute atomic E-state index is 14.4. The lowest BCUT2D eigenvalue weighted by atomic mass is 9.92. The molecule has 1 aliphatic carbocycles. The van der Waals surface area contributed by atoms with E-state index in [1.807, 2.05) is 4.90 Å². The standard InChI is InChI=1S/C19H24FN3O2/c20-15-12-14(8-9-17(15)22-10-3-7-18(22)24)21-19(25)23-11-2-5-13-4-1-6-16(13)23/h8-9,12-13,16H,1-7,10-11H2,(H,21,25)/t13-,16+/m1/s1. The molecule has 0 radical (unpaired) electrons. The number of halogens is 1. The number of carbonyl (C=O) groups is 2. The zero-order valence-corrected chi connectivity index (χ0v) is 14.3. The van der Waals surface area contributed by atoms with Gasteiger partial charge in [0.05, 0.1) is 5.69 Å². The summed E-state index contributed by atoms with van der Waals surface area (Å²) in [5, 5.41) is 2.84. The van der Waals surface area contributed by atoms with Crippen molar-refractivity contribution >= 4 is 23.3 Å². The minimum atomic E-state index is -0.467. The summed E-state index contributed by atoms with van der Waals surface area (Å²) in [6.45, 7) is 1.33. The second-order valence-corrected chi connectivity index (χ2v) is 7.34. The van der Waals surface area contributed by atoms with Crippen LogP contribution in [0.1, 0.15) is 44.9 Å². The van der Waals surface area contributed by atoms with E-state index in [9.17, 15) is 14.0 Å². The largest absolute Gasteiger partial charge is 0.322 e. The van der Waals surface area contributed by atoms with Crippen LogP contribution >= 0.6 is 0 Å². The Morgan fingerprint density at radius 1 is 1.12 bits per heavy atom. The van der Waals surface area contributed by atoms with E-state index in [1.165, 1.54) is 30.2 Å². The number of nitrogens with zero attached hydrogens (tertiary/aromatic N) is 2. The monoisotopic (exact) mass is 345 g/mol. The molecule has 2 heterocycles. The minimum Gasteiger partial charge on any atom is -0.321 e. The van der Waals surface area contributed by atoms with Crippen molar-refractivity contribution in [1.82, 2.24) is 4.90 Å². The van der Waals surface area contributed by atoms with E-state index in [2.05, 4.69) is 5.32 Å². The molecule has 2 aliphatic heterocycles. The van der Waals surface area contributed by atoms with Crippen molar-refractivity contribution in [1.29, 1.82) is 0 Å². The molecule has 2 saturated heterocycles. The number of piperidine rings is 1. The Morgan fingerprint density at radius 3 is 2.72 bits per heavy atom. The molecule has 6 heteroatoms. The van der Waals surface area contributed by atoms with Gasteiger partial charge >= 0.3 is 6.03 Å². The minimum absolute atomic E-state index is 0.0451. The van der Waals surface area contributed by atoms with Gasteiger partial charge in [-0.1, -0.05) is 6.42 Å². The molecule has 1 N–H and O–H groups in total. The van der Waals surface area contributed by atoms with Gasteiger partial charge in [0.15, 0.2) is 0 Å². The molecular formula is C19H24FN3O2. The fourth-order valence-corrected chi connectivity index (χ4v) is 4.61. The van der Waals surface area contributed by atoms with Crippen molar-refractivity contribution in [2.45, 2.75) is 51.0 Å². The third kappa shape index (κ3) is 3.10. The molecule has 134 valence electrons. The normalized spacial score (nSPS) is 26.0. The van der Waals surface area contributed by atoms with Crippen LogP contribution in [0, 0.1) is 11.7 Å². The van der Waals surface area contributed by atoms with E-state index in [0.29, 0.717) is 36.3 Å². The third-order valence-electron chi connectivity index (χ3n) is 5.82. The Bertz CT molecular complexity index is 693. The molecule has 0 unspecified atom stereocenters. The molecule has 0 aromatic heterocycles. The zero-order chi connectivity index (χ0) is 17.4. The van der Waals surface area contributed by atoms with Crippen molar-refractivity contribution in [3.05, 3.63) is 24.0 Å². The predicted molar refractivity (Wildman–Crippen MR) is 94.1 cm³/mol. The SMILES string of the molecule is O=C1CCCN1c1ccc(NC(=O)N2CCC[C@H]3CCC[C@@H]32)cc1F. The quantitative estimate of drug-likeness (QED) is 0.887. The molecule has 25 heavy (non-hydrogen) atoms. The Morgan fingerprint density at radius 2 is 1.96 bits per heavy atom. The molecular weight excluding hydrogens is 321 g/mol. The van der Waals surface area contributed by atoms with Crippen molar-refractivity contribution in [3.8, 4) is 0 Å². The summed E-state index contributed by atoms with van der Waals surface area (Å²) in [6.07, 6.45) is 6.95. The molecule has 3 amide bonds. The van der Waals surface area contributed by atoms with Crippen molar-refractivity contribution in [2.75, 3.05) is 23.3 Å². The van der Waals surface area contributed by atoms with Crippen LogP contribution in [0.2, 0.25) is 0 Å². The van der Waals surface area contributed by atoms with Gasteiger partial charge < -0.3 is 15.1 Å². The van der Waals surface area contributed by atoms with Crippen LogP contribution in [-0.2, 0) is 4.79 Å². The van der Waals surface area contributed by atoms with Crippen molar-refractivity contribution < 1.29 is 14.0 Å². The Hall–Kier alpha value is -2.11. The van der Waals surface area contributed by atoms with Gasteiger partial charge in [-0.3, -0.25) is 4.79 Å². The number of anilines is 2. The zero-order valence-electron chi connectivity index (χ0n) is 14.3. The van der Waals surface area contributed by atoms with Gasteiger partial charge in [-0.2, -0.15) is 0 Å². The molecule has 3 fully saturated rings. The Labute approximate surface area is 147 Å². The number of hydrogen-bond acceptors (Lipinski definition) is 2. The lowest BCUT2D eigenvalue weighted by molar-refractivity contribution is -0.117. The van der Waals surface area contributed by atoms with Crippen LogP contribution in [0.3, 0.4) is 0 Å². The highest BCUT2D eigenvalue weighted by molar-refractivity contribution is 5.96. The van der Waals surface area contributed by atoms with Crippen LogP contribution in [-0.4, -0.2) is 36.0 Å². The number of fused-ring (bicyclic) bond motifs is 1. The van der Waals surface area contributed by atoms with Crippen LogP contribution in [0.4, 0.5) is 20.6 Å². The first-order chi connectivity index (χ1) is 12.1. The highest BCUT2D eigenvalue weighted by atomic mass is 19.1. The van der Waals surface area contributed by atoms with E-state index in [-0.39, 0.29) is 11.9 Å². The number of rotatable bonds is 2. The molecule has 2 atom stereocenters. The number of nitrogens with one attached hydrogen (secondary N) is 1. The van der Waals surface area contributed by atoms with Gasteiger partial charge in [-0.15, -0.1) is 0 Å². The number of carbonyl (C=O) groups excluding carboxylic acids is 2. The first kappa shape index (κ1) is 16.4. The van der Waals surface area contributed by atoms with Crippen LogP contribution in [0.25, 0.3) is 0 Å². The lowest BCUT2D eigenvalue weighted by Crippen LogP contribution is -2.48. The van der Waals surface area contributed by atoms with Gasteiger partial charge in [-0.05, 0) is 56.2 Å². The second kappa shape index (κ2) is 6.65. The van der Waals surface area contributed by atoms with Crippen LogP contribution < -0.4 is 10.2 Å². The number of urea groups is 1. The van der Waals surface area contributed by atoms with Gasteiger partial charge in [0.2, 0.25) is 5.91 Å². The van der Waals surface area contributed by atoms with Gasteiger partial charge in [0, 0.05) is 31.2 Å². The molecule has 0 spiro atoms. The van der Waals surface area contributed by atoms with Crippen molar-refractivity contribution in [2.24, 2.45) is 5.92 Å². The number of likely N-dealkylation sites (tertiary alicyclic amines) is 1. The topological polar surface area (TPSA) is 52.7 Å². The maximum atomic E-state index is 14.4. The molecule has 0 bridgehead atoms. The summed E-state index contributed by atoms with van der Waals surface area (Å²) in [6, 6.07) is 4.77. The van der Waals surface area contributed by atoms with E-state index >= 15 is 0 Å². The molecule has 4 rings (SSSR count). The van der Waals surface area contributed by atoms with E-state index in [0.717, 1.165) is 25.8 Å². The smallest absolute Gasteiger partial charge is 0.321 e. The maximum Gasteiger partial charge on any atom is 0.322 e. The van der Waals surface area contributed by atoms with E-state index in [4.69, 9.17) is 0 Å². The van der Waals surface area contributed by atoms with Gasteiger partial charge in [0.25, 0.3) is 0 Å². The number of benzene rings is 1. The van der Waals surface area contributed by atoms with Gasteiger partial charge in [0.1, 0.15) is 5.82 Å². The molecule has 5 nitrogen and oxygen atoms in total. The van der Waals surface area contributed by atoms with Crippen LogP contribution in [0.5, 0.6) is 0 Å². The molecule has 3 aliphatic rings. The van der Waals surface area contributed by atoms with Crippen LogP contribution in [0.15, 0.2) is 18.2 Å². The average Bonchev–Trinajstić information content (AvgIpc) is 3.23. The van der Waals surface area contributed by atoms with Gasteiger partial charge in [-0.25, -0.2) is 9.18 Å². The Kier molecular flexibility index (Phi) is 4.36. The predicted octanol–water partition coefficient (Wildman–Crippen LogP) is 3.75. The van der Waals surface area contributed by atoms with Crippen molar-refractivity contribution in [3.63, 3.8) is 0 Å². The summed E-state index contributed by atoms with van der Waals surface area (Å²) >= 11 is 0. The summed E-state index contributed by atoms with van der Waals surface area (Å²) < 4.78 is 14.4. The summed E-state index contributed by atoms with van der Waals surface area (Å²) in [5.41, 5.74) is 0.743. The Balaban J connectivity index is 1.46. The first-order valence-corrected chi connectivity index (χ1v) is 9.31. The van der Waals surface area contributed by atoms with E-state index in [1.54, 1.807) is 12.1 Å². The lowest BCUT2D eigenvalue weighted by Gasteiger charge is -2.37. The summed E-state index contributed by atoms with van der Waals surface area (Å²) in [4.78, 5) is 27.8. The summed E-state index contributed by atoms with van der Waals surface area (Å²) in [5.74, 6) is 0.113. The third-order valence-corrected chi connectivity index (χ3v) is 5.82. The fraction of sp³-hybridized carbons (Fsp3) is 0.579. The highest BCUT2D eigenvalue weighted by Crippen LogP contribution is 2.37. The number of amides is 3. The molecule has 1 aromatic rings. The molecule has 1 saturated carbocycles.